The van der Waals surface area contributed by atoms with Crippen LogP contribution in [0.2, 0.25) is 0 Å². The van der Waals surface area contributed by atoms with Crippen molar-refractivity contribution < 1.29 is 13.2 Å². The van der Waals surface area contributed by atoms with Gasteiger partial charge in [0.25, 0.3) is 0 Å². The maximum atomic E-state index is 15.9. The maximum absolute atomic E-state index is 15.9. The van der Waals surface area contributed by atoms with E-state index in [0.717, 1.165) is 71.9 Å². The second-order valence-corrected chi connectivity index (χ2v) is 18.3. The average molecular weight is 952 g/mol. The predicted octanol–water partition coefficient (Wildman–Crippen LogP) is 17.3. The van der Waals surface area contributed by atoms with Crippen LogP contribution in [0.3, 0.4) is 0 Å². The molecule has 0 atom stereocenters. The third-order valence-corrected chi connectivity index (χ3v) is 13.3. The first-order valence-corrected chi connectivity index (χ1v) is 24.1. The number of fused-ring (bicyclic) bond motifs is 3. The first kappa shape index (κ1) is 44.9. The molecule has 0 saturated carbocycles. The highest BCUT2D eigenvalue weighted by atomic mass is 19.4. The Balaban J connectivity index is 1.25. The van der Waals surface area contributed by atoms with Crippen molar-refractivity contribution >= 4 is 21.8 Å². The summed E-state index contributed by atoms with van der Waals surface area (Å²) in [5, 5.41) is 1.84. The number of nitrogens with zero attached hydrogens (tertiary/aromatic N) is 5. The second kappa shape index (κ2) is 18.5. The third-order valence-electron chi connectivity index (χ3n) is 13.3. The van der Waals surface area contributed by atoms with Gasteiger partial charge in [-0.15, -0.1) is 0 Å². The minimum atomic E-state index is -4.79. The Kier molecular flexibility index (Phi) is 11.4. The molecule has 0 saturated heterocycles. The molecule has 0 aliphatic heterocycles. The van der Waals surface area contributed by atoms with E-state index >= 15 is 13.2 Å². The summed E-state index contributed by atoms with van der Waals surface area (Å²) in [5.41, 5.74) is 12.9. The van der Waals surface area contributed by atoms with Crippen molar-refractivity contribution in [1.82, 2.24) is 24.5 Å². The topological polar surface area (TPSA) is 56.5 Å². The summed E-state index contributed by atoms with van der Waals surface area (Å²) in [7, 11) is 0. The summed E-state index contributed by atoms with van der Waals surface area (Å²) in [6, 6.07) is 74.1. The van der Waals surface area contributed by atoms with Gasteiger partial charge in [-0.3, -0.25) is 0 Å². The Labute approximate surface area is 420 Å². The largest absolute Gasteiger partial charge is 0.416 e. The van der Waals surface area contributed by atoms with Crippen molar-refractivity contribution in [2.75, 3.05) is 0 Å². The number of hydrogen-bond acceptors (Lipinski definition) is 4. The Morgan fingerprint density at radius 2 is 0.712 bits per heavy atom. The van der Waals surface area contributed by atoms with E-state index in [2.05, 4.69) is 103 Å². The van der Waals surface area contributed by atoms with Gasteiger partial charge < -0.3 is 4.57 Å². The summed E-state index contributed by atoms with van der Waals surface area (Å²) >= 11 is 0. The fourth-order valence-corrected chi connectivity index (χ4v) is 9.82. The molecule has 0 aliphatic carbocycles. The Bertz CT molecular complexity index is 3650. The van der Waals surface area contributed by atoms with Crippen molar-refractivity contribution in [3.05, 3.63) is 247 Å². The summed E-state index contributed by atoms with van der Waals surface area (Å²) < 4.78 is 49.9. The van der Waals surface area contributed by atoms with Gasteiger partial charge in [-0.05, 0) is 84.6 Å². The zero-order valence-electron chi connectivity index (χ0n) is 39.8. The van der Waals surface area contributed by atoms with Crippen LogP contribution in [0, 0.1) is 13.8 Å². The molecule has 0 spiro atoms. The summed E-state index contributed by atoms with van der Waals surface area (Å²) in [4.78, 5) is 20.7. The minimum absolute atomic E-state index is 0.117. The Morgan fingerprint density at radius 1 is 0.329 bits per heavy atom. The van der Waals surface area contributed by atoms with Crippen LogP contribution < -0.4 is 0 Å². The zero-order chi connectivity index (χ0) is 49.6. The molecule has 0 N–H and O–H groups in total. The molecule has 0 aliphatic rings. The SMILES string of the molecule is Cc1cccc(-c2ccc3c(c2)c2cc(-c4cccc(C)c4)ccc2n3-c2c(-c3cc(-c4ccccc4)nc(-c4ccccc4)n3)cc(C(F)(F)F)cc2-c2nc(-c3ccccc3)cc(-c3ccccc3)n2)c1. The lowest BCUT2D eigenvalue weighted by molar-refractivity contribution is -0.137. The van der Waals surface area contributed by atoms with Crippen LogP contribution >= 0.6 is 0 Å². The number of rotatable bonds is 9. The van der Waals surface area contributed by atoms with Crippen LogP contribution in [-0.4, -0.2) is 24.5 Å². The zero-order valence-corrected chi connectivity index (χ0v) is 39.8. The van der Waals surface area contributed by atoms with E-state index < -0.39 is 11.7 Å². The lowest BCUT2D eigenvalue weighted by atomic mass is 9.96. The Morgan fingerprint density at radius 3 is 1.16 bits per heavy atom. The van der Waals surface area contributed by atoms with Crippen LogP contribution in [0.25, 0.3) is 118 Å². The van der Waals surface area contributed by atoms with Gasteiger partial charge in [0, 0.05) is 44.2 Å². The number of alkyl halides is 3. The second-order valence-electron chi connectivity index (χ2n) is 18.3. The van der Waals surface area contributed by atoms with Crippen LogP contribution in [0.1, 0.15) is 16.7 Å². The smallest absolute Gasteiger partial charge is 0.308 e. The molecule has 0 radical (unpaired) electrons. The molecule has 0 amide bonds. The predicted molar refractivity (Wildman–Crippen MR) is 290 cm³/mol. The van der Waals surface area contributed by atoms with E-state index in [1.54, 1.807) is 6.07 Å². The van der Waals surface area contributed by atoms with Gasteiger partial charge in [0.2, 0.25) is 0 Å². The Hall–Kier alpha value is -9.27. The first-order chi connectivity index (χ1) is 35.6. The third kappa shape index (κ3) is 8.74. The molecular weight excluding hydrogens is 908 g/mol. The number of hydrogen-bond donors (Lipinski definition) is 0. The molecule has 3 aromatic heterocycles. The van der Waals surface area contributed by atoms with Crippen molar-refractivity contribution in [2.45, 2.75) is 20.0 Å². The number of halogens is 3. The lowest BCUT2D eigenvalue weighted by Gasteiger charge is -2.22. The highest BCUT2D eigenvalue weighted by molar-refractivity contribution is 6.13. The van der Waals surface area contributed by atoms with Crippen molar-refractivity contribution in [2.24, 2.45) is 0 Å². The average Bonchev–Trinajstić information content (AvgIpc) is 3.75. The van der Waals surface area contributed by atoms with Gasteiger partial charge in [0.1, 0.15) is 0 Å². The monoisotopic (exact) mass is 951 g/mol. The minimum Gasteiger partial charge on any atom is -0.308 e. The molecule has 5 nitrogen and oxygen atoms in total. The van der Waals surface area contributed by atoms with E-state index in [-0.39, 0.29) is 17.0 Å². The van der Waals surface area contributed by atoms with Gasteiger partial charge in [-0.2, -0.15) is 13.2 Å². The normalized spacial score (nSPS) is 11.6. The first-order valence-electron chi connectivity index (χ1n) is 24.1. The molecule has 12 rings (SSSR count). The molecular formula is C65H44F3N5. The van der Waals surface area contributed by atoms with Crippen LogP contribution in [-0.2, 0) is 6.18 Å². The summed E-state index contributed by atoms with van der Waals surface area (Å²) in [5.74, 6) is 0.481. The van der Waals surface area contributed by atoms with E-state index in [4.69, 9.17) is 19.9 Å². The van der Waals surface area contributed by atoms with Crippen molar-refractivity contribution in [1.29, 1.82) is 0 Å². The van der Waals surface area contributed by atoms with Crippen LogP contribution in [0.15, 0.2) is 231 Å². The number of aryl methyl sites for hydroxylation is 2. The van der Waals surface area contributed by atoms with E-state index in [1.807, 2.05) is 127 Å². The maximum Gasteiger partial charge on any atom is 0.416 e. The summed E-state index contributed by atoms with van der Waals surface area (Å²) in [6.07, 6.45) is -4.79. The molecule has 350 valence electrons. The van der Waals surface area contributed by atoms with Gasteiger partial charge in [0.05, 0.1) is 45.1 Å². The quantitative estimate of drug-likeness (QED) is 0.145. The molecule has 9 aromatic carbocycles. The summed E-state index contributed by atoms with van der Waals surface area (Å²) in [6.45, 7) is 4.15. The standard InChI is InChI=1S/C65H44F3N5/c1-41-17-15-27-47(33-41)49-29-31-60-52(35-49)53-36-50(48-28-16-18-42(2)34-48)30-32-61(53)73(60)62-54(59-40-58(45-23-11-5-12-24-45)69-63(72-59)46-25-13-6-14-26-46)37-51(65(66,67)68)38-55(62)64-70-56(43-19-7-3-8-20-43)39-57(71-64)44-21-9-4-10-22-44/h3-40H,1-2H3. The highest BCUT2D eigenvalue weighted by Gasteiger charge is 2.35. The van der Waals surface area contributed by atoms with Crippen LogP contribution in [0.5, 0.6) is 0 Å². The molecule has 73 heavy (non-hydrogen) atoms. The molecule has 8 heteroatoms. The molecule has 3 heterocycles. The van der Waals surface area contributed by atoms with Gasteiger partial charge >= 0.3 is 6.18 Å². The lowest BCUT2D eigenvalue weighted by Crippen LogP contribution is -2.11. The molecule has 0 unspecified atom stereocenters. The highest BCUT2D eigenvalue weighted by Crippen LogP contribution is 2.46. The van der Waals surface area contributed by atoms with Crippen LogP contribution in [0.4, 0.5) is 13.2 Å². The van der Waals surface area contributed by atoms with Gasteiger partial charge in [0.15, 0.2) is 11.6 Å². The number of benzene rings is 9. The fraction of sp³-hybridized carbons (Fsp3) is 0.0462. The van der Waals surface area contributed by atoms with Gasteiger partial charge in [-0.1, -0.05) is 193 Å². The van der Waals surface area contributed by atoms with E-state index in [1.165, 1.54) is 12.1 Å². The van der Waals surface area contributed by atoms with E-state index in [9.17, 15) is 0 Å². The fourth-order valence-electron chi connectivity index (χ4n) is 9.82. The van der Waals surface area contributed by atoms with Crippen molar-refractivity contribution in [3.63, 3.8) is 0 Å². The number of aromatic nitrogens is 5. The molecule has 12 aromatic rings. The van der Waals surface area contributed by atoms with E-state index in [0.29, 0.717) is 39.9 Å². The molecule has 0 fully saturated rings. The van der Waals surface area contributed by atoms with Crippen molar-refractivity contribution in [3.8, 4) is 95.7 Å². The van der Waals surface area contributed by atoms with Gasteiger partial charge in [-0.25, -0.2) is 19.9 Å². The molecule has 0 bridgehead atoms.